The van der Waals surface area contributed by atoms with Crippen molar-refractivity contribution in [1.82, 2.24) is 0 Å². The second-order valence-electron chi connectivity index (χ2n) is 3.53. The summed E-state index contributed by atoms with van der Waals surface area (Å²) in [5.41, 5.74) is 2.84. The normalized spacial score (nSPS) is 13.9. The van der Waals surface area contributed by atoms with Gasteiger partial charge in [-0.3, -0.25) is 0 Å². The van der Waals surface area contributed by atoms with Crippen LogP contribution in [0.4, 0.5) is 0 Å². The summed E-state index contributed by atoms with van der Waals surface area (Å²) < 4.78 is 21.8. The molecule has 2 nitrogen and oxygen atoms in total. The highest BCUT2D eigenvalue weighted by Crippen LogP contribution is 2.27. The van der Waals surface area contributed by atoms with Gasteiger partial charge < -0.3 is 0 Å². The van der Waals surface area contributed by atoms with Gasteiger partial charge in [0.1, 0.15) is 0 Å². The van der Waals surface area contributed by atoms with Crippen LogP contribution in [-0.4, -0.2) is 14.2 Å². The predicted octanol–water partition coefficient (Wildman–Crippen LogP) is 3.15. The Bertz CT molecular complexity index is 454. The van der Waals surface area contributed by atoms with Gasteiger partial charge in [0, 0.05) is 10.7 Å². The Balaban J connectivity index is 3.00. The first-order chi connectivity index (χ1) is 6.79. The molecule has 1 unspecified atom stereocenters. The van der Waals surface area contributed by atoms with Gasteiger partial charge in [0.2, 0.25) is 9.05 Å². The number of alkyl halides is 1. The lowest BCUT2D eigenvalue weighted by Gasteiger charge is -2.11. The third kappa shape index (κ3) is 4.01. The standard InChI is InChI=1S/C10H12Cl2O2S/c1-7-3-4-8(2)9(5-7)10(11)6-15(12,13)14/h3-5,10H,6H2,1-2H3. The van der Waals surface area contributed by atoms with Crippen LogP contribution >= 0.6 is 22.3 Å². The molecule has 1 aromatic carbocycles. The van der Waals surface area contributed by atoms with Gasteiger partial charge in [0.05, 0.1) is 11.1 Å². The Labute approximate surface area is 99.6 Å². The van der Waals surface area contributed by atoms with Crippen molar-refractivity contribution in [3.63, 3.8) is 0 Å². The predicted molar refractivity (Wildman–Crippen MR) is 64.1 cm³/mol. The van der Waals surface area contributed by atoms with Gasteiger partial charge in [0.25, 0.3) is 0 Å². The average Bonchev–Trinajstić information content (AvgIpc) is 2.06. The highest BCUT2D eigenvalue weighted by molar-refractivity contribution is 8.13. The highest BCUT2D eigenvalue weighted by atomic mass is 35.7. The van der Waals surface area contributed by atoms with E-state index in [0.717, 1.165) is 16.7 Å². The molecule has 0 saturated heterocycles. The summed E-state index contributed by atoms with van der Waals surface area (Å²) in [5, 5.41) is -0.590. The van der Waals surface area contributed by atoms with E-state index in [9.17, 15) is 8.42 Å². The first-order valence-corrected chi connectivity index (χ1v) is 7.34. The van der Waals surface area contributed by atoms with Gasteiger partial charge >= 0.3 is 0 Å². The van der Waals surface area contributed by atoms with Crippen LogP contribution in [0.5, 0.6) is 0 Å². The largest absolute Gasteiger partial charge is 0.234 e. The quantitative estimate of drug-likeness (QED) is 0.622. The molecule has 1 atom stereocenters. The molecule has 5 heteroatoms. The van der Waals surface area contributed by atoms with Crippen LogP contribution in [0.1, 0.15) is 22.1 Å². The molecule has 15 heavy (non-hydrogen) atoms. The fourth-order valence-corrected chi connectivity index (χ4v) is 3.20. The Morgan fingerprint density at radius 1 is 1.33 bits per heavy atom. The summed E-state index contributed by atoms with van der Waals surface area (Å²) in [6.07, 6.45) is 0. The first-order valence-electron chi connectivity index (χ1n) is 4.43. The third-order valence-electron chi connectivity index (χ3n) is 2.12. The van der Waals surface area contributed by atoms with Gasteiger partial charge in [-0.25, -0.2) is 8.42 Å². The van der Waals surface area contributed by atoms with E-state index < -0.39 is 14.4 Å². The van der Waals surface area contributed by atoms with E-state index in [4.69, 9.17) is 22.3 Å². The van der Waals surface area contributed by atoms with E-state index in [1.54, 1.807) is 0 Å². The molecule has 0 fully saturated rings. The number of aryl methyl sites for hydroxylation is 2. The summed E-state index contributed by atoms with van der Waals surface area (Å²) >= 11 is 6.00. The smallest absolute Gasteiger partial charge is 0.212 e. The first kappa shape index (κ1) is 12.8. The minimum Gasteiger partial charge on any atom is -0.212 e. The molecule has 0 spiro atoms. The maximum absolute atomic E-state index is 10.9. The average molecular weight is 267 g/mol. The Morgan fingerprint density at radius 2 is 1.93 bits per heavy atom. The van der Waals surface area contributed by atoms with E-state index in [1.807, 2.05) is 32.0 Å². The topological polar surface area (TPSA) is 34.1 Å². The second-order valence-corrected chi connectivity index (χ2v) is 6.88. The number of hydrogen-bond acceptors (Lipinski definition) is 2. The maximum Gasteiger partial charge on any atom is 0.234 e. The molecule has 0 aliphatic heterocycles. The summed E-state index contributed by atoms with van der Waals surface area (Å²) in [5.74, 6) is -0.250. The Hall–Kier alpha value is -0.250. The monoisotopic (exact) mass is 266 g/mol. The fourth-order valence-electron chi connectivity index (χ4n) is 1.36. The van der Waals surface area contributed by atoms with Gasteiger partial charge in [0.15, 0.2) is 0 Å². The SMILES string of the molecule is Cc1ccc(C)c(C(Cl)CS(=O)(=O)Cl)c1. The second kappa shape index (κ2) is 4.73. The number of benzene rings is 1. The molecule has 0 heterocycles. The van der Waals surface area contributed by atoms with E-state index >= 15 is 0 Å². The summed E-state index contributed by atoms with van der Waals surface area (Å²) in [6.45, 7) is 3.83. The van der Waals surface area contributed by atoms with Crippen molar-refractivity contribution in [2.24, 2.45) is 0 Å². The van der Waals surface area contributed by atoms with Crippen molar-refractivity contribution >= 4 is 31.3 Å². The van der Waals surface area contributed by atoms with Gasteiger partial charge in [-0.15, -0.1) is 11.6 Å². The van der Waals surface area contributed by atoms with Crippen LogP contribution in [0, 0.1) is 13.8 Å². The summed E-state index contributed by atoms with van der Waals surface area (Å²) in [6, 6.07) is 5.76. The minimum atomic E-state index is -3.56. The number of hydrogen-bond donors (Lipinski definition) is 0. The van der Waals surface area contributed by atoms with Gasteiger partial charge in [-0.1, -0.05) is 23.8 Å². The number of rotatable bonds is 3. The maximum atomic E-state index is 10.9. The number of halogens is 2. The molecule has 1 aromatic rings. The lowest BCUT2D eigenvalue weighted by molar-refractivity contribution is 0.608. The molecule has 0 bridgehead atoms. The molecule has 0 radical (unpaired) electrons. The van der Waals surface area contributed by atoms with E-state index in [2.05, 4.69) is 0 Å². The van der Waals surface area contributed by atoms with Crippen LogP contribution in [0.3, 0.4) is 0 Å². The third-order valence-corrected chi connectivity index (χ3v) is 3.80. The van der Waals surface area contributed by atoms with Crippen molar-refractivity contribution in [2.75, 3.05) is 5.75 Å². The van der Waals surface area contributed by atoms with Crippen LogP contribution in [0.25, 0.3) is 0 Å². The van der Waals surface area contributed by atoms with Gasteiger partial charge in [-0.2, -0.15) is 0 Å². The van der Waals surface area contributed by atoms with Gasteiger partial charge in [-0.05, 0) is 25.0 Å². The van der Waals surface area contributed by atoms with Crippen molar-refractivity contribution in [2.45, 2.75) is 19.2 Å². The molecular weight excluding hydrogens is 255 g/mol. The summed E-state index contributed by atoms with van der Waals surface area (Å²) in [4.78, 5) is 0. The van der Waals surface area contributed by atoms with Crippen LogP contribution in [0.15, 0.2) is 18.2 Å². The molecular formula is C10H12Cl2O2S. The van der Waals surface area contributed by atoms with E-state index in [-0.39, 0.29) is 5.75 Å². The molecule has 0 aromatic heterocycles. The fraction of sp³-hybridized carbons (Fsp3) is 0.400. The molecule has 0 saturated carbocycles. The van der Waals surface area contributed by atoms with Crippen molar-refractivity contribution in [3.8, 4) is 0 Å². The van der Waals surface area contributed by atoms with Crippen molar-refractivity contribution in [1.29, 1.82) is 0 Å². The van der Waals surface area contributed by atoms with Crippen LogP contribution in [-0.2, 0) is 9.05 Å². The lowest BCUT2D eigenvalue weighted by atomic mass is 10.0. The minimum absolute atomic E-state index is 0.250. The van der Waals surface area contributed by atoms with E-state index in [1.165, 1.54) is 0 Å². The summed E-state index contributed by atoms with van der Waals surface area (Å²) in [7, 11) is 1.60. The van der Waals surface area contributed by atoms with Crippen LogP contribution in [0.2, 0.25) is 0 Å². The molecule has 0 aliphatic rings. The highest BCUT2D eigenvalue weighted by Gasteiger charge is 2.18. The lowest BCUT2D eigenvalue weighted by Crippen LogP contribution is -2.06. The molecule has 84 valence electrons. The molecule has 0 aliphatic carbocycles. The molecule has 0 N–H and O–H groups in total. The molecule has 0 amide bonds. The zero-order valence-corrected chi connectivity index (χ0v) is 10.8. The van der Waals surface area contributed by atoms with Crippen molar-refractivity contribution < 1.29 is 8.42 Å². The van der Waals surface area contributed by atoms with Crippen molar-refractivity contribution in [3.05, 3.63) is 34.9 Å². The zero-order valence-electron chi connectivity index (χ0n) is 8.50. The van der Waals surface area contributed by atoms with E-state index in [0.29, 0.717) is 0 Å². The Morgan fingerprint density at radius 3 is 2.47 bits per heavy atom. The zero-order chi connectivity index (χ0) is 11.6. The molecule has 1 rings (SSSR count). The van der Waals surface area contributed by atoms with Crippen LogP contribution < -0.4 is 0 Å². The Kier molecular flexibility index (Phi) is 4.04.